The Morgan fingerprint density at radius 1 is 0.559 bits per heavy atom. The van der Waals surface area contributed by atoms with E-state index < -0.39 is 20.0 Å². The molecule has 3 atom stereocenters. The van der Waals surface area contributed by atoms with Gasteiger partial charge in [0.05, 0.1) is 25.4 Å². The minimum atomic E-state index is -4.35. The quantitative estimate of drug-likeness (QED) is 0.0272. The van der Waals surface area contributed by atoms with E-state index >= 15 is 0 Å². The summed E-state index contributed by atoms with van der Waals surface area (Å²) in [5.41, 5.74) is 5.38. The number of carbonyl (C=O) groups excluding carboxylic acids is 1. The first-order chi connectivity index (χ1) is 28.9. The lowest BCUT2D eigenvalue weighted by atomic mass is 10.0. The van der Waals surface area contributed by atoms with Gasteiger partial charge in [-0.25, -0.2) is 4.57 Å². The van der Waals surface area contributed by atoms with Crippen LogP contribution >= 0.6 is 7.82 Å². The van der Waals surface area contributed by atoms with Gasteiger partial charge in [-0.15, -0.1) is 0 Å². The minimum Gasteiger partial charge on any atom is -0.387 e. The van der Waals surface area contributed by atoms with Crippen LogP contribution in [0.25, 0.3) is 0 Å². The van der Waals surface area contributed by atoms with E-state index in [1.165, 1.54) is 167 Å². The third-order valence-electron chi connectivity index (χ3n) is 10.9. The molecule has 59 heavy (non-hydrogen) atoms. The van der Waals surface area contributed by atoms with Gasteiger partial charge in [0.1, 0.15) is 0 Å². The molecule has 0 saturated carbocycles. The number of unbranched alkanes of at least 4 members (excludes halogenated alkanes) is 28. The van der Waals surface area contributed by atoms with Gasteiger partial charge in [0.15, 0.2) is 0 Å². The number of aliphatic hydroxyl groups excluding tert-OH is 1. The van der Waals surface area contributed by atoms with Gasteiger partial charge in [-0.05, 0) is 64.2 Å². The predicted molar refractivity (Wildman–Crippen MR) is 254 cm³/mol. The Labute approximate surface area is 364 Å². The zero-order valence-electron chi connectivity index (χ0n) is 38.5. The van der Waals surface area contributed by atoms with Crippen molar-refractivity contribution in [3.8, 4) is 0 Å². The van der Waals surface area contributed by atoms with Gasteiger partial charge >= 0.3 is 7.82 Å². The second kappa shape index (κ2) is 46.0. The maximum atomic E-state index is 12.8. The maximum Gasteiger partial charge on any atom is 0.472 e. The molecule has 0 aliphatic carbocycles. The molecule has 5 N–H and O–H groups in total. The first-order valence-corrected chi connectivity index (χ1v) is 26.3. The van der Waals surface area contributed by atoms with Crippen LogP contribution in [0, 0.1) is 0 Å². The highest BCUT2D eigenvalue weighted by Gasteiger charge is 2.26. The van der Waals surface area contributed by atoms with Crippen molar-refractivity contribution >= 4 is 13.7 Å². The van der Waals surface area contributed by atoms with E-state index in [4.69, 9.17) is 14.8 Å². The van der Waals surface area contributed by atoms with Crippen LogP contribution in [0.5, 0.6) is 0 Å². The van der Waals surface area contributed by atoms with Gasteiger partial charge in [-0.2, -0.15) is 0 Å². The molecule has 0 aromatic heterocycles. The number of nitrogens with one attached hydrogen (secondary N) is 1. The minimum absolute atomic E-state index is 0.0729. The SMILES string of the molecule is CCCCCCC/C=C\C/C=C\CCCCCCCCCCCCCC(=O)NC(COP(=O)(O)OCCN)C(O)/C=C/CC/C=C/CCCCCCCCCCCCC. The van der Waals surface area contributed by atoms with Crippen LogP contribution in [0.4, 0.5) is 0 Å². The van der Waals surface area contributed by atoms with Crippen molar-refractivity contribution in [3.63, 3.8) is 0 Å². The summed E-state index contributed by atoms with van der Waals surface area (Å²) in [5, 5.41) is 13.7. The number of phosphoric ester groups is 1. The largest absolute Gasteiger partial charge is 0.472 e. The van der Waals surface area contributed by atoms with Crippen molar-refractivity contribution in [3.05, 3.63) is 48.6 Å². The van der Waals surface area contributed by atoms with E-state index in [0.29, 0.717) is 6.42 Å². The topological polar surface area (TPSA) is 131 Å². The Morgan fingerprint density at radius 3 is 1.41 bits per heavy atom. The fourth-order valence-corrected chi connectivity index (χ4v) is 7.88. The van der Waals surface area contributed by atoms with Crippen molar-refractivity contribution < 1.29 is 28.4 Å². The molecule has 0 saturated heterocycles. The third-order valence-corrected chi connectivity index (χ3v) is 11.9. The third kappa shape index (κ3) is 44.3. The first-order valence-electron chi connectivity index (χ1n) is 24.8. The Kier molecular flexibility index (Phi) is 44.8. The van der Waals surface area contributed by atoms with Crippen LogP contribution in [0.15, 0.2) is 48.6 Å². The lowest BCUT2D eigenvalue weighted by Gasteiger charge is -2.23. The Hall–Kier alpha value is -1.54. The molecule has 0 aliphatic heterocycles. The number of hydrogen-bond acceptors (Lipinski definition) is 6. The predicted octanol–water partition coefficient (Wildman–Crippen LogP) is 14.5. The molecule has 0 fully saturated rings. The van der Waals surface area contributed by atoms with E-state index in [-0.39, 0.29) is 25.7 Å². The Bertz CT molecular complexity index is 1060. The second-order valence-electron chi connectivity index (χ2n) is 16.7. The number of nitrogens with two attached hydrogens (primary N) is 1. The molecule has 0 rings (SSSR count). The number of rotatable bonds is 46. The number of carbonyl (C=O) groups is 1. The van der Waals surface area contributed by atoms with E-state index in [9.17, 15) is 19.4 Å². The molecular formula is C50H95N2O6P. The molecule has 0 heterocycles. The summed E-state index contributed by atoms with van der Waals surface area (Å²) in [6.45, 7) is 4.12. The highest BCUT2D eigenvalue weighted by atomic mass is 31.2. The summed E-state index contributed by atoms with van der Waals surface area (Å²) in [4.78, 5) is 22.8. The number of hydrogen-bond donors (Lipinski definition) is 4. The molecule has 9 heteroatoms. The van der Waals surface area contributed by atoms with Crippen LogP contribution in [0.1, 0.15) is 232 Å². The summed E-state index contributed by atoms with van der Waals surface area (Å²) in [6, 6.07) is -0.879. The zero-order chi connectivity index (χ0) is 43.2. The summed E-state index contributed by atoms with van der Waals surface area (Å²) in [6.07, 6.45) is 57.4. The normalized spacial score (nSPS) is 14.3. The van der Waals surface area contributed by atoms with Crippen LogP contribution in [0.3, 0.4) is 0 Å². The average molecular weight is 851 g/mol. The number of phosphoric acid groups is 1. The molecule has 1 amide bonds. The van der Waals surface area contributed by atoms with Crippen molar-refractivity contribution in [2.45, 2.75) is 244 Å². The van der Waals surface area contributed by atoms with Crippen molar-refractivity contribution in [1.82, 2.24) is 5.32 Å². The van der Waals surface area contributed by atoms with E-state index in [1.807, 2.05) is 6.08 Å². The fraction of sp³-hybridized carbons (Fsp3) is 0.820. The lowest BCUT2D eigenvalue weighted by Crippen LogP contribution is -2.45. The van der Waals surface area contributed by atoms with Crippen LogP contribution < -0.4 is 11.1 Å². The molecule has 346 valence electrons. The van der Waals surface area contributed by atoms with Gasteiger partial charge in [-0.1, -0.05) is 210 Å². The van der Waals surface area contributed by atoms with Crippen molar-refractivity contribution in [2.24, 2.45) is 5.73 Å². The highest BCUT2D eigenvalue weighted by molar-refractivity contribution is 7.47. The Balaban J connectivity index is 4.14. The van der Waals surface area contributed by atoms with Gasteiger partial charge < -0.3 is 21.1 Å². The molecule has 0 aromatic carbocycles. The number of allylic oxidation sites excluding steroid dienone is 7. The molecule has 3 unspecified atom stereocenters. The van der Waals surface area contributed by atoms with E-state index in [2.05, 4.69) is 55.6 Å². The molecule has 0 aromatic rings. The number of amides is 1. The standard InChI is InChI=1S/C50H95N2O6P/c1-3-5-7-9-11-13-15-17-19-21-22-23-24-25-26-28-30-32-34-36-38-40-42-44-50(54)52-48(47-58-59(55,56)57-46-45-51)49(53)43-41-39-37-35-33-31-29-27-20-18-16-14-12-10-8-6-4-2/h15,17,21-22,33,35,41,43,48-49,53H,3-14,16,18-20,23-32,34,36-40,42,44-47,51H2,1-2H3,(H,52,54)(H,55,56)/b17-15-,22-21-,35-33+,43-41+. The van der Waals surface area contributed by atoms with E-state index in [1.54, 1.807) is 6.08 Å². The zero-order valence-corrected chi connectivity index (χ0v) is 39.4. The summed E-state index contributed by atoms with van der Waals surface area (Å²) < 4.78 is 22.2. The molecule has 0 aliphatic rings. The molecule has 8 nitrogen and oxygen atoms in total. The highest BCUT2D eigenvalue weighted by Crippen LogP contribution is 2.43. The summed E-state index contributed by atoms with van der Waals surface area (Å²) >= 11 is 0. The first kappa shape index (κ1) is 57.5. The summed E-state index contributed by atoms with van der Waals surface area (Å²) in [7, 11) is -4.35. The maximum absolute atomic E-state index is 12.8. The second-order valence-corrected chi connectivity index (χ2v) is 18.1. The molecule has 0 bridgehead atoms. The monoisotopic (exact) mass is 851 g/mol. The van der Waals surface area contributed by atoms with E-state index in [0.717, 1.165) is 44.9 Å². The van der Waals surface area contributed by atoms with Gasteiger partial charge in [-0.3, -0.25) is 13.8 Å². The fourth-order valence-electron chi connectivity index (χ4n) is 7.12. The smallest absolute Gasteiger partial charge is 0.387 e. The van der Waals surface area contributed by atoms with Crippen LogP contribution in [0.2, 0.25) is 0 Å². The van der Waals surface area contributed by atoms with Gasteiger partial charge in [0.2, 0.25) is 5.91 Å². The average Bonchev–Trinajstić information content (AvgIpc) is 3.22. The van der Waals surface area contributed by atoms with Gasteiger partial charge in [0, 0.05) is 13.0 Å². The lowest BCUT2D eigenvalue weighted by molar-refractivity contribution is -0.123. The van der Waals surface area contributed by atoms with Crippen LogP contribution in [-0.4, -0.2) is 47.8 Å². The van der Waals surface area contributed by atoms with Crippen molar-refractivity contribution in [1.29, 1.82) is 0 Å². The molecular weight excluding hydrogens is 756 g/mol. The van der Waals surface area contributed by atoms with Crippen LogP contribution in [-0.2, 0) is 18.4 Å². The number of aliphatic hydroxyl groups is 1. The molecule has 0 radical (unpaired) electrons. The molecule has 0 spiro atoms. The summed E-state index contributed by atoms with van der Waals surface area (Å²) in [5.74, 6) is -0.206. The van der Waals surface area contributed by atoms with Crippen molar-refractivity contribution in [2.75, 3.05) is 19.8 Å². The Morgan fingerprint density at radius 2 is 0.949 bits per heavy atom. The van der Waals surface area contributed by atoms with Gasteiger partial charge in [0.25, 0.3) is 0 Å².